The van der Waals surface area contributed by atoms with Crippen LogP contribution in [0.3, 0.4) is 0 Å². The van der Waals surface area contributed by atoms with Gasteiger partial charge in [-0.25, -0.2) is 4.98 Å². The van der Waals surface area contributed by atoms with Crippen molar-refractivity contribution in [1.82, 2.24) is 14.5 Å². The van der Waals surface area contributed by atoms with Crippen LogP contribution in [0.1, 0.15) is 50.4 Å². The van der Waals surface area contributed by atoms with E-state index in [1.165, 1.54) is 49.9 Å². The Hall–Kier alpha value is -0.830. The molecule has 3 nitrogen and oxygen atoms in total. The van der Waals surface area contributed by atoms with E-state index in [1.54, 1.807) is 0 Å². The van der Waals surface area contributed by atoms with Crippen molar-refractivity contribution in [3.63, 3.8) is 0 Å². The summed E-state index contributed by atoms with van der Waals surface area (Å²) in [4.78, 5) is 7.28. The second-order valence-corrected chi connectivity index (χ2v) is 5.92. The number of likely N-dealkylation sites (N-methyl/N-ethyl adjacent to an activating group) is 1. The number of imidazole rings is 1. The predicted octanol–water partition coefficient (Wildman–Crippen LogP) is 2.63. The van der Waals surface area contributed by atoms with Crippen molar-refractivity contribution in [3.05, 3.63) is 17.7 Å². The summed E-state index contributed by atoms with van der Waals surface area (Å²) in [5, 5.41) is 0. The fourth-order valence-corrected chi connectivity index (χ4v) is 3.77. The van der Waals surface area contributed by atoms with Gasteiger partial charge in [0.2, 0.25) is 0 Å². The molecule has 0 bridgehead atoms. The van der Waals surface area contributed by atoms with Crippen LogP contribution < -0.4 is 0 Å². The van der Waals surface area contributed by atoms with Crippen molar-refractivity contribution in [2.45, 2.75) is 70.5 Å². The third-order valence-corrected chi connectivity index (χ3v) is 4.99. The summed E-state index contributed by atoms with van der Waals surface area (Å²) in [7, 11) is 2.34. The highest BCUT2D eigenvalue weighted by molar-refractivity contribution is 5.18. The fourth-order valence-electron chi connectivity index (χ4n) is 3.77. The van der Waals surface area contributed by atoms with Crippen molar-refractivity contribution in [2.75, 3.05) is 7.05 Å². The van der Waals surface area contributed by atoms with Gasteiger partial charge in [0.1, 0.15) is 0 Å². The minimum atomic E-state index is 0.723. The van der Waals surface area contributed by atoms with E-state index >= 15 is 0 Å². The average molecular weight is 247 g/mol. The van der Waals surface area contributed by atoms with Crippen molar-refractivity contribution < 1.29 is 0 Å². The van der Waals surface area contributed by atoms with Gasteiger partial charge in [0.05, 0.1) is 12.0 Å². The first kappa shape index (κ1) is 12.2. The first-order valence-corrected chi connectivity index (χ1v) is 7.54. The van der Waals surface area contributed by atoms with Crippen molar-refractivity contribution in [2.24, 2.45) is 0 Å². The number of nitrogens with zero attached hydrogens (tertiary/aromatic N) is 3. The number of fused-ring (bicyclic) bond motifs is 1. The normalized spacial score (nSPS) is 24.7. The van der Waals surface area contributed by atoms with E-state index in [-0.39, 0.29) is 0 Å². The Balaban J connectivity index is 1.70. The molecule has 2 aliphatic rings. The average Bonchev–Trinajstić information content (AvgIpc) is 3.06. The maximum absolute atomic E-state index is 4.62. The minimum absolute atomic E-state index is 0.723. The van der Waals surface area contributed by atoms with Crippen molar-refractivity contribution >= 4 is 0 Å². The summed E-state index contributed by atoms with van der Waals surface area (Å²) in [6.07, 6.45) is 11.4. The molecule has 1 fully saturated rings. The van der Waals surface area contributed by atoms with Crippen LogP contribution in [0, 0.1) is 0 Å². The molecule has 18 heavy (non-hydrogen) atoms. The molecule has 1 aromatic heterocycles. The second kappa shape index (κ2) is 5.04. The smallest absolute Gasteiger partial charge is 0.0951 e. The lowest BCUT2D eigenvalue weighted by Crippen LogP contribution is -2.42. The summed E-state index contributed by atoms with van der Waals surface area (Å²) < 4.78 is 2.32. The quantitative estimate of drug-likeness (QED) is 0.818. The van der Waals surface area contributed by atoms with Gasteiger partial charge in [-0.05, 0) is 39.7 Å². The first-order chi connectivity index (χ1) is 8.79. The van der Waals surface area contributed by atoms with Gasteiger partial charge >= 0.3 is 0 Å². The highest BCUT2D eigenvalue weighted by Gasteiger charge is 2.30. The summed E-state index contributed by atoms with van der Waals surface area (Å²) in [6, 6.07) is 1.56. The molecule has 100 valence electrons. The Morgan fingerprint density at radius 1 is 1.28 bits per heavy atom. The molecule has 1 atom stereocenters. The van der Waals surface area contributed by atoms with Gasteiger partial charge in [0.25, 0.3) is 0 Å². The van der Waals surface area contributed by atoms with Crippen molar-refractivity contribution in [3.8, 4) is 0 Å². The molecule has 0 saturated heterocycles. The topological polar surface area (TPSA) is 21.1 Å². The predicted molar refractivity (Wildman–Crippen MR) is 73.7 cm³/mol. The van der Waals surface area contributed by atoms with E-state index in [0.29, 0.717) is 0 Å². The number of aromatic nitrogens is 2. The highest BCUT2D eigenvalue weighted by Crippen LogP contribution is 2.29. The molecule has 3 heteroatoms. The highest BCUT2D eigenvalue weighted by atomic mass is 15.2. The zero-order valence-electron chi connectivity index (χ0n) is 11.7. The maximum Gasteiger partial charge on any atom is 0.0951 e. The molecular weight excluding hydrogens is 222 g/mol. The maximum atomic E-state index is 4.62. The van der Waals surface area contributed by atoms with E-state index in [2.05, 4.69) is 28.4 Å². The van der Waals surface area contributed by atoms with Gasteiger partial charge in [0.15, 0.2) is 0 Å². The molecule has 3 rings (SSSR count). The zero-order chi connectivity index (χ0) is 12.5. The Kier molecular flexibility index (Phi) is 3.42. The van der Waals surface area contributed by atoms with E-state index in [9.17, 15) is 0 Å². The SMILES string of the molecule is CCn1cnc2c1CCC(N(C)C1CCCC1)C2. The standard InChI is InChI=1S/C15H25N3/c1-3-18-11-16-14-10-13(8-9-15(14)18)17(2)12-6-4-5-7-12/h11-13H,3-10H2,1-2H3. The molecule has 1 unspecified atom stereocenters. The van der Waals surface area contributed by atoms with Crippen LogP contribution in [-0.4, -0.2) is 33.6 Å². The largest absolute Gasteiger partial charge is 0.335 e. The lowest BCUT2D eigenvalue weighted by atomic mass is 9.93. The molecule has 1 saturated carbocycles. The lowest BCUT2D eigenvalue weighted by molar-refractivity contribution is 0.158. The van der Waals surface area contributed by atoms with Crippen LogP contribution in [0.15, 0.2) is 6.33 Å². The molecule has 0 spiro atoms. The Bertz CT molecular complexity index is 404. The zero-order valence-corrected chi connectivity index (χ0v) is 11.7. The summed E-state index contributed by atoms with van der Waals surface area (Å²) in [6.45, 7) is 3.27. The molecule has 0 radical (unpaired) electrons. The third kappa shape index (κ3) is 2.09. The third-order valence-electron chi connectivity index (χ3n) is 4.99. The minimum Gasteiger partial charge on any atom is -0.335 e. The van der Waals surface area contributed by atoms with Gasteiger partial charge in [-0.3, -0.25) is 0 Å². The van der Waals surface area contributed by atoms with Gasteiger partial charge in [-0.2, -0.15) is 0 Å². The van der Waals surface area contributed by atoms with Gasteiger partial charge in [-0.1, -0.05) is 12.8 Å². The van der Waals surface area contributed by atoms with Gasteiger partial charge in [-0.15, -0.1) is 0 Å². The monoisotopic (exact) mass is 247 g/mol. The Morgan fingerprint density at radius 3 is 2.78 bits per heavy atom. The fraction of sp³-hybridized carbons (Fsp3) is 0.800. The van der Waals surface area contributed by atoms with Crippen LogP contribution in [0.4, 0.5) is 0 Å². The molecule has 0 aromatic carbocycles. The van der Waals surface area contributed by atoms with Crippen LogP contribution in [0.5, 0.6) is 0 Å². The molecular formula is C15H25N3. The molecule has 0 amide bonds. The molecule has 0 aliphatic heterocycles. The Labute approximate surface area is 110 Å². The molecule has 2 aliphatic carbocycles. The Morgan fingerprint density at radius 2 is 2.06 bits per heavy atom. The number of hydrogen-bond donors (Lipinski definition) is 0. The number of hydrogen-bond acceptors (Lipinski definition) is 2. The molecule has 1 heterocycles. The first-order valence-electron chi connectivity index (χ1n) is 7.54. The van der Waals surface area contributed by atoms with Gasteiger partial charge < -0.3 is 9.47 Å². The van der Waals surface area contributed by atoms with Crippen LogP contribution in [0.2, 0.25) is 0 Å². The van der Waals surface area contributed by atoms with Crippen LogP contribution >= 0.6 is 0 Å². The van der Waals surface area contributed by atoms with E-state index in [1.807, 2.05) is 6.33 Å². The van der Waals surface area contributed by atoms with Crippen LogP contribution in [-0.2, 0) is 19.4 Å². The molecule has 0 N–H and O–H groups in total. The van der Waals surface area contributed by atoms with E-state index < -0.39 is 0 Å². The van der Waals surface area contributed by atoms with E-state index in [0.717, 1.165) is 25.0 Å². The number of rotatable bonds is 3. The van der Waals surface area contributed by atoms with Gasteiger partial charge in [0, 0.05) is 30.7 Å². The van der Waals surface area contributed by atoms with Crippen molar-refractivity contribution in [1.29, 1.82) is 0 Å². The summed E-state index contributed by atoms with van der Waals surface area (Å²) in [5.74, 6) is 0. The van der Waals surface area contributed by atoms with E-state index in [4.69, 9.17) is 0 Å². The van der Waals surface area contributed by atoms with Crippen LogP contribution in [0.25, 0.3) is 0 Å². The number of aryl methyl sites for hydroxylation is 1. The second-order valence-electron chi connectivity index (χ2n) is 5.92. The lowest BCUT2D eigenvalue weighted by Gasteiger charge is -2.35. The summed E-state index contributed by atoms with van der Waals surface area (Å²) in [5.41, 5.74) is 2.85. The molecule has 1 aromatic rings. The summed E-state index contributed by atoms with van der Waals surface area (Å²) >= 11 is 0.